The Hall–Kier alpha value is -2.75. The van der Waals surface area contributed by atoms with E-state index in [1.54, 1.807) is 12.4 Å². The summed E-state index contributed by atoms with van der Waals surface area (Å²) in [6.07, 6.45) is 6.32. The number of hydrogen-bond donors (Lipinski definition) is 2. The molecule has 10 heteroatoms. The fourth-order valence-electron chi connectivity index (χ4n) is 5.44. The fourth-order valence-corrected chi connectivity index (χ4v) is 6.61. The molecule has 2 aliphatic rings. The summed E-state index contributed by atoms with van der Waals surface area (Å²) in [4.78, 5) is 17.0. The minimum atomic E-state index is -0.0721. The molecule has 4 aromatic heterocycles. The first-order valence-corrected chi connectivity index (χ1v) is 12.2. The number of fused-ring (bicyclic) bond motifs is 2. The minimum Gasteiger partial charge on any atom is -0.486 e. The highest BCUT2D eigenvalue weighted by molar-refractivity contribution is 7.13. The quantitative estimate of drug-likeness (QED) is 0.444. The van der Waals surface area contributed by atoms with Crippen molar-refractivity contribution in [2.24, 2.45) is 11.1 Å². The number of anilines is 1. The average Bonchev–Trinajstić information content (AvgIpc) is 3.47. The lowest BCUT2D eigenvalue weighted by molar-refractivity contribution is 0.187. The van der Waals surface area contributed by atoms with Gasteiger partial charge in [-0.05, 0) is 50.7 Å². The molecule has 1 unspecified atom stereocenters. The zero-order chi connectivity index (χ0) is 22.9. The Kier molecular flexibility index (Phi) is 4.66. The molecule has 4 aromatic rings. The van der Waals surface area contributed by atoms with Crippen LogP contribution >= 0.6 is 22.9 Å². The van der Waals surface area contributed by atoms with Gasteiger partial charge in [-0.15, -0.1) is 0 Å². The lowest BCUT2D eigenvalue weighted by Gasteiger charge is -2.42. The molecule has 1 saturated heterocycles. The summed E-state index contributed by atoms with van der Waals surface area (Å²) in [5.41, 5.74) is 12.0. The Morgan fingerprint density at radius 1 is 1.15 bits per heavy atom. The molecule has 1 spiro atoms. The van der Waals surface area contributed by atoms with Crippen LogP contribution in [0.25, 0.3) is 16.8 Å². The van der Waals surface area contributed by atoms with Crippen LogP contribution in [0, 0.1) is 19.3 Å². The standard InChI is InChI=1S/C23H24ClN7OS/c1-12-17(24)14(3-7-26-12)18-13(2)28-21(16-4-8-27-31(16)18)30-9-5-23(6-10-30)11-15-19(20(23)25)33-22(32)29-15/h3-4,7-8,20H,5-6,9-11,25H2,1-2H3,(H,29,32). The number of pyridine rings is 1. The maximum Gasteiger partial charge on any atom is 0.271 e. The predicted molar refractivity (Wildman–Crippen MR) is 129 cm³/mol. The van der Waals surface area contributed by atoms with Gasteiger partial charge in [-0.3, -0.25) is 4.98 Å². The van der Waals surface area contributed by atoms with Crippen LogP contribution in [0.3, 0.4) is 0 Å². The second-order valence-corrected chi connectivity index (χ2v) is 10.5. The van der Waals surface area contributed by atoms with E-state index in [-0.39, 0.29) is 16.7 Å². The Balaban J connectivity index is 1.34. The summed E-state index contributed by atoms with van der Waals surface area (Å²) < 4.78 is 1.94. The molecule has 3 N–H and O–H groups in total. The van der Waals surface area contributed by atoms with Crippen LogP contribution in [0.2, 0.25) is 5.02 Å². The van der Waals surface area contributed by atoms with Crippen LogP contribution in [-0.4, -0.2) is 42.8 Å². The first kappa shape index (κ1) is 20.8. The van der Waals surface area contributed by atoms with Gasteiger partial charge in [-0.2, -0.15) is 5.10 Å². The largest absolute Gasteiger partial charge is 0.486 e. The van der Waals surface area contributed by atoms with E-state index >= 15 is 0 Å². The first-order chi connectivity index (χ1) is 15.9. The first-order valence-electron chi connectivity index (χ1n) is 11.0. The summed E-state index contributed by atoms with van der Waals surface area (Å²) in [6, 6.07) is 3.84. The molecule has 170 valence electrons. The zero-order valence-electron chi connectivity index (χ0n) is 18.4. The molecule has 33 heavy (non-hydrogen) atoms. The van der Waals surface area contributed by atoms with Crippen molar-refractivity contribution in [1.82, 2.24) is 24.6 Å². The Morgan fingerprint density at radius 2 is 1.94 bits per heavy atom. The number of halogens is 1. The van der Waals surface area contributed by atoms with Gasteiger partial charge in [0.15, 0.2) is 5.82 Å². The molecule has 8 nitrogen and oxygen atoms in total. The highest BCUT2D eigenvalue weighted by Crippen LogP contribution is 2.53. The van der Waals surface area contributed by atoms with Gasteiger partial charge in [0, 0.05) is 35.8 Å². The Labute approximate surface area is 200 Å². The van der Waals surface area contributed by atoms with Crippen LogP contribution in [0.1, 0.15) is 40.8 Å². The maximum atomic E-state index is 9.75. The predicted octanol–water partition coefficient (Wildman–Crippen LogP) is 4.07. The molecule has 5 heterocycles. The van der Waals surface area contributed by atoms with Crippen LogP contribution in [0.15, 0.2) is 24.5 Å². The Morgan fingerprint density at radius 3 is 2.70 bits per heavy atom. The molecular formula is C23H24ClN7OS. The summed E-state index contributed by atoms with van der Waals surface area (Å²) >= 11 is 7.93. The number of aromatic nitrogens is 5. The number of piperidine rings is 1. The number of nitrogens with two attached hydrogens (primary N) is 1. The lowest BCUT2D eigenvalue weighted by Crippen LogP contribution is -2.44. The highest BCUT2D eigenvalue weighted by Gasteiger charge is 2.48. The molecule has 0 amide bonds. The summed E-state index contributed by atoms with van der Waals surface area (Å²) in [5, 5.41) is 15.1. The molecule has 0 radical (unpaired) electrons. The average molecular weight is 482 g/mol. The number of nitrogens with zero attached hydrogens (tertiary/aromatic N) is 6. The van der Waals surface area contributed by atoms with Gasteiger partial charge in [-0.25, -0.2) is 14.5 Å². The number of thiazole rings is 1. The van der Waals surface area contributed by atoms with E-state index in [1.165, 1.54) is 11.3 Å². The van der Waals surface area contributed by atoms with Crippen molar-refractivity contribution in [3.8, 4) is 16.5 Å². The van der Waals surface area contributed by atoms with E-state index in [2.05, 4.69) is 20.0 Å². The third kappa shape index (κ3) is 3.06. The topological polar surface area (TPSA) is 105 Å². The minimum absolute atomic E-state index is 0.00593. The van der Waals surface area contributed by atoms with Crippen molar-refractivity contribution >= 4 is 34.3 Å². The molecule has 1 aliphatic carbocycles. The zero-order valence-corrected chi connectivity index (χ0v) is 20.0. The van der Waals surface area contributed by atoms with Gasteiger partial charge < -0.3 is 15.7 Å². The van der Waals surface area contributed by atoms with Crippen LogP contribution < -0.4 is 10.6 Å². The third-order valence-corrected chi connectivity index (χ3v) is 8.72. The maximum absolute atomic E-state index is 9.75. The van der Waals surface area contributed by atoms with Crippen molar-refractivity contribution in [2.45, 2.75) is 39.2 Å². The van der Waals surface area contributed by atoms with Crippen molar-refractivity contribution in [1.29, 1.82) is 0 Å². The molecule has 1 fully saturated rings. The summed E-state index contributed by atoms with van der Waals surface area (Å²) in [7, 11) is 0. The van der Waals surface area contributed by atoms with Crippen molar-refractivity contribution in [3.05, 3.63) is 51.5 Å². The third-order valence-electron chi connectivity index (χ3n) is 7.26. The summed E-state index contributed by atoms with van der Waals surface area (Å²) in [6.45, 7) is 5.61. The lowest BCUT2D eigenvalue weighted by atomic mass is 9.74. The second-order valence-electron chi connectivity index (χ2n) is 9.07. The number of hydrogen-bond acceptors (Lipinski definition) is 8. The van der Waals surface area contributed by atoms with Crippen molar-refractivity contribution in [2.75, 3.05) is 18.0 Å². The molecule has 0 saturated carbocycles. The SMILES string of the molecule is Cc1nccc(-c2c(C)nc(N3CCC4(CC3)Cc3nc(O)sc3C4N)c3ccnn23)c1Cl. The van der Waals surface area contributed by atoms with E-state index in [0.717, 1.165) is 76.9 Å². The van der Waals surface area contributed by atoms with E-state index in [4.69, 9.17) is 22.3 Å². The molecule has 1 aliphatic heterocycles. The second kappa shape index (κ2) is 7.38. The van der Waals surface area contributed by atoms with Crippen LogP contribution in [0.4, 0.5) is 5.82 Å². The number of aryl methyl sites for hydroxylation is 2. The van der Waals surface area contributed by atoms with Gasteiger partial charge in [0.25, 0.3) is 5.19 Å². The van der Waals surface area contributed by atoms with Gasteiger partial charge in [0.1, 0.15) is 5.52 Å². The molecule has 1 atom stereocenters. The van der Waals surface area contributed by atoms with Crippen LogP contribution in [-0.2, 0) is 6.42 Å². The van der Waals surface area contributed by atoms with E-state index < -0.39 is 0 Å². The smallest absolute Gasteiger partial charge is 0.271 e. The monoisotopic (exact) mass is 481 g/mol. The summed E-state index contributed by atoms with van der Waals surface area (Å²) in [5.74, 6) is 0.933. The number of aromatic hydroxyl groups is 1. The molecular weight excluding hydrogens is 458 g/mol. The van der Waals surface area contributed by atoms with E-state index in [1.807, 2.05) is 30.5 Å². The highest BCUT2D eigenvalue weighted by atomic mass is 35.5. The number of rotatable bonds is 2. The van der Waals surface area contributed by atoms with Gasteiger partial charge in [-0.1, -0.05) is 22.9 Å². The normalized spacial score (nSPS) is 19.5. The molecule has 0 bridgehead atoms. The van der Waals surface area contributed by atoms with Gasteiger partial charge in [0.2, 0.25) is 0 Å². The Bertz CT molecular complexity index is 1390. The van der Waals surface area contributed by atoms with E-state index in [0.29, 0.717) is 5.02 Å². The van der Waals surface area contributed by atoms with Crippen molar-refractivity contribution in [3.63, 3.8) is 0 Å². The fraction of sp³-hybridized carbons (Fsp3) is 0.391. The van der Waals surface area contributed by atoms with Gasteiger partial charge >= 0.3 is 0 Å². The van der Waals surface area contributed by atoms with Gasteiger partial charge in [0.05, 0.1) is 34.0 Å². The molecule has 6 rings (SSSR count). The van der Waals surface area contributed by atoms with Crippen molar-refractivity contribution < 1.29 is 5.11 Å². The molecule has 0 aromatic carbocycles. The van der Waals surface area contributed by atoms with E-state index in [9.17, 15) is 5.11 Å². The van der Waals surface area contributed by atoms with Crippen LogP contribution in [0.5, 0.6) is 5.19 Å².